The summed E-state index contributed by atoms with van der Waals surface area (Å²) in [7, 11) is 0. The van der Waals surface area contributed by atoms with Crippen LogP contribution in [-0.4, -0.2) is 62.1 Å². The van der Waals surface area contributed by atoms with Crippen LogP contribution in [0, 0.1) is 5.92 Å². The molecule has 2 atom stereocenters. The molecule has 2 N–H and O–H groups in total. The van der Waals surface area contributed by atoms with Crippen LogP contribution in [0.3, 0.4) is 0 Å². The van der Waals surface area contributed by atoms with Gasteiger partial charge >= 0.3 is 0 Å². The maximum atomic E-state index is 8.17. The molecule has 2 unspecified atom stereocenters. The van der Waals surface area contributed by atoms with Crippen molar-refractivity contribution in [3.05, 3.63) is 0 Å². The highest BCUT2D eigenvalue weighted by Crippen LogP contribution is 2.12. The zero-order valence-corrected chi connectivity index (χ0v) is 9.09. The molecule has 2 rings (SSSR count). The Morgan fingerprint density at radius 2 is 1.53 bits per heavy atom. The highest BCUT2D eigenvalue weighted by atomic mass is 16.6. The molecule has 0 aromatic rings. The Morgan fingerprint density at radius 1 is 1.13 bits per heavy atom. The van der Waals surface area contributed by atoms with Crippen LogP contribution in [0.4, 0.5) is 0 Å². The predicted molar refractivity (Wildman–Crippen MR) is 53.6 cm³/mol. The number of hydrogen-bond acceptors (Lipinski definition) is 5. The van der Waals surface area contributed by atoms with Gasteiger partial charge in [0, 0.05) is 19.1 Å². The van der Waals surface area contributed by atoms with Gasteiger partial charge in [-0.05, 0) is 0 Å². The molecule has 0 radical (unpaired) electrons. The molecule has 2 heterocycles. The van der Waals surface area contributed by atoms with Crippen molar-refractivity contribution in [1.29, 1.82) is 0 Å². The lowest BCUT2D eigenvalue weighted by Gasteiger charge is -1.97. The van der Waals surface area contributed by atoms with Crippen molar-refractivity contribution >= 4 is 0 Å². The molecule has 2 aliphatic rings. The first kappa shape index (κ1) is 12.9. The third-order valence-electron chi connectivity index (χ3n) is 2.04. The number of epoxide rings is 2. The third kappa shape index (κ3) is 7.70. The summed E-state index contributed by atoms with van der Waals surface area (Å²) in [4.78, 5) is 0. The van der Waals surface area contributed by atoms with Gasteiger partial charge in [-0.2, -0.15) is 0 Å². The average Bonchev–Trinajstić information content (AvgIpc) is 3.11. The maximum Gasteiger partial charge on any atom is 0.104 e. The molecule has 0 bridgehead atoms. The molecule has 2 fully saturated rings. The Hall–Kier alpha value is -0.200. The van der Waals surface area contributed by atoms with Gasteiger partial charge in [0.2, 0.25) is 0 Å². The Balaban J connectivity index is 0.000000167. The zero-order chi connectivity index (χ0) is 11.1. The molecule has 90 valence electrons. The summed E-state index contributed by atoms with van der Waals surface area (Å²) in [6, 6.07) is 0. The van der Waals surface area contributed by atoms with Gasteiger partial charge in [0.25, 0.3) is 0 Å². The van der Waals surface area contributed by atoms with Crippen molar-refractivity contribution < 1.29 is 24.4 Å². The molecule has 5 nitrogen and oxygen atoms in total. The largest absolute Gasteiger partial charge is 0.396 e. The molecular weight excluding hydrogens is 200 g/mol. The lowest BCUT2D eigenvalue weighted by Crippen LogP contribution is -2.06. The van der Waals surface area contributed by atoms with Crippen molar-refractivity contribution in [2.75, 3.05) is 39.6 Å². The summed E-state index contributed by atoms with van der Waals surface area (Å²) in [6.45, 7) is 5.20. The molecule has 0 spiro atoms. The molecule has 2 saturated heterocycles. The smallest absolute Gasteiger partial charge is 0.104 e. The van der Waals surface area contributed by atoms with E-state index in [9.17, 15) is 0 Å². The van der Waals surface area contributed by atoms with Crippen molar-refractivity contribution in [1.82, 2.24) is 0 Å². The fraction of sp³-hybridized carbons (Fsp3) is 1.00. The summed E-state index contributed by atoms with van der Waals surface area (Å²) in [5, 5.41) is 16.3. The van der Waals surface area contributed by atoms with Crippen LogP contribution in [0.15, 0.2) is 0 Å². The van der Waals surface area contributed by atoms with Crippen LogP contribution in [0.2, 0.25) is 0 Å². The van der Waals surface area contributed by atoms with E-state index in [2.05, 4.69) is 0 Å². The molecule has 2 aliphatic heterocycles. The Bertz CT molecular complexity index is 140. The fourth-order valence-electron chi connectivity index (χ4n) is 0.717. The molecule has 0 aromatic carbocycles. The van der Waals surface area contributed by atoms with E-state index in [0.29, 0.717) is 12.2 Å². The molecular formula is C10H20O5. The summed E-state index contributed by atoms with van der Waals surface area (Å²) >= 11 is 0. The van der Waals surface area contributed by atoms with E-state index in [-0.39, 0.29) is 19.1 Å². The van der Waals surface area contributed by atoms with Crippen molar-refractivity contribution in [2.24, 2.45) is 5.92 Å². The molecule has 15 heavy (non-hydrogen) atoms. The monoisotopic (exact) mass is 220 g/mol. The van der Waals surface area contributed by atoms with E-state index in [1.807, 2.05) is 0 Å². The second kappa shape index (κ2) is 7.14. The van der Waals surface area contributed by atoms with Gasteiger partial charge < -0.3 is 24.4 Å². The topological polar surface area (TPSA) is 74.8 Å². The summed E-state index contributed by atoms with van der Waals surface area (Å²) in [5.74, 6) is 0.0463. The lowest BCUT2D eigenvalue weighted by molar-refractivity contribution is 0.102. The van der Waals surface area contributed by atoms with Gasteiger partial charge in [-0.1, -0.05) is 6.92 Å². The number of rotatable bonds is 6. The first-order valence-corrected chi connectivity index (χ1v) is 5.29. The van der Waals surface area contributed by atoms with Crippen LogP contribution in [0.25, 0.3) is 0 Å². The second-order valence-corrected chi connectivity index (χ2v) is 3.92. The molecule has 5 heteroatoms. The van der Waals surface area contributed by atoms with Crippen LogP contribution >= 0.6 is 0 Å². The van der Waals surface area contributed by atoms with E-state index in [0.717, 1.165) is 26.4 Å². The second-order valence-electron chi connectivity index (χ2n) is 3.92. The predicted octanol–water partition coefficient (Wildman–Crippen LogP) is -0.592. The van der Waals surface area contributed by atoms with Gasteiger partial charge in [-0.3, -0.25) is 0 Å². The number of aliphatic hydroxyl groups excluding tert-OH is 2. The normalized spacial score (nSPS) is 27.2. The van der Waals surface area contributed by atoms with Gasteiger partial charge in [0.15, 0.2) is 0 Å². The lowest BCUT2D eigenvalue weighted by atomic mass is 10.2. The molecule has 0 saturated carbocycles. The first-order chi connectivity index (χ1) is 7.26. The minimum Gasteiger partial charge on any atom is -0.396 e. The number of aliphatic hydroxyl groups is 2. The van der Waals surface area contributed by atoms with Crippen LogP contribution in [0.5, 0.6) is 0 Å². The van der Waals surface area contributed by atoms with Crippen LogP contribution in [0.1, 0.15) is 6.92 Å². The van der Waals surface area contributed by atoms with E-state index < -0.39 is 0 Å². The van der Waals surface area contributed by atoms with Gasteiger partial charge in [-0.15, -0.1) is 0 Å². The van der Waals surface area contributed by atoms with E-state index in [4.69, 9.17) is 24.4 Å². The zero-order valence-electron chi connectivity index (χ0n) is 9.09. The SMILES string of the molecule is C(OCC1CO1)C1CO1.CC(CO)CO. The molecule has 0 aliphatic carbocycles. The minimum atomic E-state index is 0.0463. The van der Waals surface area contributed by atoms with Crippen molar-refractivity contribution in [3.63, 3.8) is 0 Å². The minimum absolute atomic E-state index is 0.0463. The standard InChI is InChI=1S/C6H10O3.C4H10O2/c1(5-3-8-5)7-2-6-4-9-6;1-4(2-5)3-6/h5-6H,1-4H2;4-6H,2-3H2,1H3. The van der Waals surface area contributed by atoms with Crippen molar-refractivity contribution in [2.45, 2.75) is 19.1 Å². The highest BCUT2D eigenvalue weighted by molar-refractivity contribution is 4.71. The first-order valence-electron chi connectivity index (χ1n) is 5.29. The number of hydrogen-bond donors (Lipinski definition) is 2. The van der Waals surface area contributed by atoms with Gasteiger partial charge in [-0.25, -0.2) is 0 Å². The van der Waals surface area contributed by atoms with Gasteiger partial charge in [0.1, 0.15) is 12.2 Å². The highest BCUT2D eigenvalue weighted by Gasteiger charge is 2.26. The Kier molecular flexibility index (Phi) is 6.12. The van der Waals surface area contributed by atoms with Crippen molar-refractivity contribution in [3.8, 4) is 0 Å². The van der Waals surface area contributed by atoms with E-state index in [1.54, 1.807) is 6.92 Å². The number of ether oxygens (including phenoxy) is 3. The summed E-state index contributed by atoms with van der Waals surface area (Å²) in [6.07, 6.45) is 0.785. The summed E-state index contributed by atoms with van der Waals surface area (Å²) < 4.78 is 15.1. The van der Waals surface area contributed by atoms with Crippen LogP contribution in [-0.2, 0) is 14.2 Å². The summed E-state index contributed by atoms with van der Waals surface area (Å²) in [5.41, 5.74) is 0. The van der Waals surface area contributed by atoms with E-state index >= 15 is 0 Å². The fourth-order valence-corrected chi connectivity index (χ4v) is 0.717. The molecule has 0 aromatic heterocycles. The molecule has 0 amide bonds. The average molecular weight is 220 g/mol. The maximum absolute atomic E-state index is 8.17. The van der Waals surface area contributed by atoms with Crippen LogP contribution < -0.4 is 0 Å². The van der Waals surface area contributed by atoms with Gasteiger partial charge in [0.05, 0.1) is 26.4 Å². The Labute approximate surface area is 89.9 Å². The quantitative estimate of drug-likeness (QED) is 0.585. The van der Waals surface area contributed by atoms with E-state index in [1.165, 1.54) is 0 Å². The Morgan fingerprint density at radius 3 is 1.73 bits per heavy atom. The third-order valence-corrected chi connectivity index (χ3v) is 2.04.